The molecule has 1 aliphatic heterocycles. The number of amides is 1. The Hall–Kier alpha value is -1.09. The van der Waals surface area contributed by atoms with Crippen LogP contribution in [0, 0.1) is 5.92 Å². The van der Waals surface area contributed by atoms with Crippen molar-refractivity contribution in [2.24, 2.45) is 5.92 Å². The van der Waals surface area contributed by atoms with Crippen LogP contribution in [0.5, 0.6) is 0 Å². The third-order valence-electron chi connectivity index (χ3n) is 3.26. The van der Waals surface area contributed by atoms with Gasteiger partial charge in [-0.2, -0.15) is 0 Å². The summed E-state index contributed by atoms with van der Waals surface area (Å²) >= 11 is 3.40. The lowest BCUT2D eigenvalue weighted by atomic mass is 10.0. The standard InChI is InChI=1S/C15H18BrNO/c1-12-3-2-10-17(11-12)15(18)9-6-13-4-7-14(16)8-5-13/h4-9,12H,2-3,10-11H2,1H3. The van der Waals surface area contributed by atoms with E-state index in [1.807, 2.05) is 35.2 Å². The first kappa shape index (κ1) is 13.3. The van der Waals surface area contributed by atoms with Crippen LogP contribution < -0.4 is 0 Å². The number of likely N-dealkylation sites (tertiary alicyclic amines) is 1. The summed E-state index contributed by atoms with van der Waals surface area (Å²) in [4.78, 5) is 14.0. The molecule has 1 aliphatic rings. The Kier molecular flexibility index (Phi) is 4.59. The van der Waals surface area contributed by atoms with Crippen molar-refractivity contribution in [1.29, 1.82) is 0 Å². The molecule has 1 aromatic carbocycles. The maximum atomic E-state index is 12.0. The Morgan fingerprint density at radius 3 is 2.78 bits per heavy atom. The molecule has 2 rings (SSSR count). The fourth-order valence-electron chi connectivity index (χ4n) is 2.24. The minimum absolute atomic E-state index is 0.129. The van der Waals surface area contributed by atoms with Crippen LogP contribution in [0.2, 0.25) is 0 Å². The second-order valence-electron chi connectivity index (χ2n) is 4.92. The molecule has 0 radical (unpaired) electrons. The minimum atomic E-state index is 0.129. The first-order valence-electron chi connectivity index (χ1n) is 6.38. The number of hydrogen-bond donors (Lipinski definition) is 0. The van der Waals surface area contributed by atoms with Gasteiger partial charge in [0.05, 0.1) is 0 Å². The third-order valence-corrected chi connectivity index (χ3v) is 3.79. The molecule has 1 heterocycles. The number of hydrogen-bond acceptors (Lipinski definition) is 1. The monoisotopic (exact) mass is 307 g/mol. The SMILES string of the molecule is CC1CCCN(C(=O)C=Cc2ccc(Br)cc2)C1. The smallest absolute Gasteiger partial charge is 0.246 e. The largest absolute Gasteiger partial charge is 0.339 e. The Bertz CT molecular complexity index is 438. The maximum absolute atomic E-state index is 12.0. The van der Waals surface area contributed by atoms with Gasteiger partial charge in [0.15, 0.2) is 0 Å². The van der Waals surface area contributed by atoms with Crippen molar-refractivity contribution >= 4 is 27.9 Å². The highest BCUT2D eigenvalue weighted by Gasteiger charge is 2.18. The summed E-state index contributed by atoms with van der Waals surface area (Å²) in [7, 11) is 0. The quantitative estimate of drug-likeness (QED) is 0.763. The van der Waals surface area contributed by atoms with E-state index in [-0.39, 0.29) is 5.91 Å². The molecule has 96 valence electrons. The van der Waals surface area contributed by atoms with E-state index in [9.17, 15) is 4.79 Å². The molecule has 0 spiro atoms. The predicted octanol–water partition coefficient (Wildman–Crippen LogP) is 3.72. The van der Waals surface area contributed by atoms with E-state index in [0.717, 1.165) is 29.5 Å². The average Bonchev–Trinajstić information content (AvgIpc) is 2.38. The molecule has 1 aromatic rings. The number of halogens is 1. The van der Waals surface area contributed by atoms with Gasteiger partial charge in [-0.1, -0.05) is 35.0 Å². The molecule has 0 bridgehead atoms. The lowest BCUT2D eigenvalue weighted by Crippen LogP contribution is -2.38. The normalized spacial score (nSPS) is 20.3. The zero-order valence-electron chi connectivity index (χ0n) is 10.6. The molecule has 1 unspecified atom stereocenters. The van der Waals surface area contributed by atoms with Gasteiger partial charge in [0.25, 0.3) is 0 Å². The van der Waals surface area contributed by atoms with Gasteiger partial charge in [0.1, 0.15) is 0 Å². The fraction of sp³-hybridized carbons (Fsp3) is 0.400. The van der Waals surface area contributed by atoms with Crippen molar-refractivity contribution in [3.8, 4) is 0 Å². The molecule has 1 saturated heterocycles. The molecule has 3 heteroatoms. The highest BCUT2D eigenvalue weighted by atomic mass is 79.9. The molecule has 1 atom stereocenters. The van der Waals surface area contributed by atoms with Gasteiger partial charge in [-0.25, -0.2) is 0 Å². The summed E-state index contributed by atoms with van der Waals surface area (Å²) in [5, 5.41) is 0. The lowest BCUT2D eigenvalue weighted by Gasteiger charge is -2.30. The van der Waals surface area contributed by atoms with Crippen molar-refractivity contribution in [3.63, 3.8) is 0 Å². The summed E-state index contributed by atoms with van der Waals surface area (Å²) in [5.74, 6) is 0.758. The van der Waals surface area contributed by atoms with Crippen LogP contribution >= 0.6 is 15.9 Å². The van der Waals surface area contributed by atoms with Gasteiger partial charge >= 0.3 is 0 Å². The molecular weight excluding hydrogens is 290 g/mol. The Labute approximate surface area is 117 Å². The molecule has 0 N–H and O–H groups in total. The van der Waals surface area contributed by atoms with Crippen molar-refractivity contribution in [1.82, 2.24) is 4.90 Å². The Morgan fingerprint density at radius 1 is 1.39 bits per heavy atom. The van der Waals surface area contributed by atoms with Crippen LogP contribution in [-0.4, -0.2) is 23.9 Å². The van der Waals surface area contributed by atoms with Gasteiger partial charge in [-0.15, -0.1) is 0 Å². The van der Waals surface area contributed by atoms with Crippen molar-refractivity contribution in [2.45, 2.75) is 19.8 Å². The number of carbonyl (C=O) groups excluding carboxylic acids is 1. The van der Waals surface area contributed by atoms with Crippen LogP contribution in [0.15, 0.2) is 34.8 Å². The first-order chi connectivity index (χ1) is 8.65. The van der Waals surface area contributed by atoms with Gasteiger partial charge in [0.2, 0.25) is 5.91 Å². The number of nitrogens with zero attached hydrogens (tertiary/aromatic N) is 1. The lowest BCUT2D eigenvalue weighted by molar-refractivity contribution is -0.127. The second kappa shape index (κ2) is 6.19. The maximum Gasteiger partial charge on any atom is 0.246 e. The van der Waals surface area contributed by atoms with Crippen LogP contribution in [0.25, 0.3) is 6.08 Å². The summed E-state index contributed by atoms with van der Waals surface area (Å²) in [5.41, 5.74) is 1.05. The summed E-state index contributed by atoms with van der Waals surface area (Å²) in [6, 6.07) is 7.94. The zero-order chi connectivity index (χ0) is 13.0. The first-order valence-corrected chi connectivity index (χ1v) is 7.17. The molecular formula is C15H18BrNO. The van der Waals surface area contributed by atoms with E-state index in [2.05, 4.69) is 22.9 Å². The molecule has 1 fully saturated rings. The summed E-state index contributed by atoms with van der Waals surface area (Å²) in [6.07, 6.45) is 5.93. The Balaban J connectivity index is 1.96. The van der Waals surface area contributed by atoms with Crippen LogP contribution in [0.3, 0.4) is 0 Å². The molecule has 2 nitrogen and oxygen atoms in total. The van der Waals surface area contributed by atoms with Gasteiger partial charge in [-0.05, 0) is 42.5 Å². The van der Waals surface area contributed by atoms with E-state index >= 15 is 0 Å². The minimum Gasteiger partial charge on any atom is -0.339 e. The van der Waals surface area contributed by atoms with Crippen LogP contribution in [0.4, 0.5) is 0 Å². The number of benzene rings is 1. The number of rotatable bonds is 2. The van der Waals surface area contributed by atoms with Crippen molar-refractivity contribution < 1.29 is 4.79 Å². The molecule has 18 heavy (non-hydrogen) atoms. The van der Waals surface area contributed by atoms with Crippen molar-refractivity contribution in [2.75, 3.05) is 13.1 Å². The zero-order valence-corrected chi connectivity index (χ0v) is 12.2. The molecule has 0 aliphatic carbocycles. The van der Waals surface area contributed by atoms with Crippen LogP contribution in [0.1, 0.15) is 25.3 Å². The van der Waals surface area contributed by atoms with E-state index in [1.165, 1.54) is 6.42 Å². The number of carbonyl (C=O) groups is 1. The average molecular weight is 308 g/mol. The second-order valence-corrected chi connectivity index (χ2v) is 5.83. The van der Waals surface area contributed by atoms with Gasteiger partial charge in [-0.3, -0.25) is 4.79 Å². The topological polar surface area (TPSA) is 20.3 Å². The molecule has 0 aromatic heterocycles. The molecule has 0 saturated carbocycles. The fourth-order valence-corrected chi connectivity index (χ4v) is 2.50. The van der Waals surface area contributed by atoms with Crippen LogP contribution in [-0.2, 0) is 4.79 Å². The van der Waals surface area contributed by atoms with E-state index in [4.69, 9.17) is 0 Å². The summed E-state index contributed by atoms with van der Waals surface area (Å²) < 4.78 is 1.05. The Morgan fingerprint density at radius 2 is 2.11 bits per heavy atom. The highest BCUT2D eigenvalue weighted by molar-refractivity contribution is 9.10. The molecule has 1 amide bonds. The number of piperidine rings is 1. The predicted molar refractivity (Wildman–Crippen MR) is 78.2 cm³/mol. The van der Waals surface area contributed by atoms with E-state index in [0.29, 0.717) is 5.92 Å². The van der Waals surface area contributed by atoms with E-state index in [1.54, 1.807) is 6.08 Å². The summed E-state index contributed by atoms with van der Waals surface area (Å²) in [6.45, 7) is 4.00. The highest BCUT2D eigenvalue weighted by Crippen LogP contribution is 2.16. The third kappa shape index (κ3) is 3.70. The van der Waals surface area contributed by atoms with E-state index < -0.39 is 0 Å². The van der Waals surface area contributed by atoms with Gasteiger partial charge < -0.3 is 4.90 Å². The van der Waals surface area contributed by atoms with Gasteiger partial charge in [0, 0.05) is 23.6 Å². The van der Waals surface area contributed by atoms with Crippen molar-refractivity contribution in [3.05, 3.63) is 40.4 Å².